The summed E-state index contributed by atoms with van der Waals surface area (Å²) in [5, 5.41) is 9.69. The van der Waals surface area contributed by atoms with Crippen LogP contribution in [0.1, 0.15) is 25.3 Å². The molecule has 3 heteroatoms. The van der Waals surface area contributed by atoms with Crippen LogP contribution in [-0.4, -0.2) is 11.2 Å². The van der Waals surface area contributed by atoms with E-state index in [0.29, 0.717) is 11.8 Å². The van der Waals surface area contributed by atoms with Crippen LogP contribution < -0.4 is 0 Å². The van der Waals surface area contributed by atoms with Gasteiger partial charge in [0.1, 0.15) is 5.82 Å². The van der Waals surface area contributed by atoms with Crippen molar-refractivity contribution in [2.75, 3.05) is 0 Å². The summed E-state index contributed by atoms with van der Waals surface area (Å²) in [4.78, 5) is 0. The Morgan fingerprint density at radius 2 is 2.19 bits per heavy atom. The van der Waals surface area contributed by atoms with Gasteiger partial charge in [-0.3, -0.25) is 0 Å². The third-order valence-electron chi connectivity index (χ3n) is 3.68. The predicted molar refractivity (Wildman–Crippen MR) is 65.7 cm³/mol. The first-order valence-corrected chi connectivity index (χ1v) is 6.49. The standard InChI is InChI=1S/C13H16BrFO/c1-8-9(3-5-13(8)16)6-10-2-4-11(15)7-12(10)14/h2,4,7-9,13,16H,3,5-6H2,1H3. The van der Waals surface area contributed by atoms with Crippen LogP contribution in [0.3, 0.4) is 0 Å². The molecule has 0 aromatic heterocycles. The van der Waals surface area contributed by atoms with Gasteiger partial charge in [0.25, 0.3) is 0 Å². The highest BCUT2D eigenvalue weighted by atomic mass is 79.9. The van der Waals surface area contributed by atoms with Gasteiger partial charge in [-0.1, -0.05) is 28.9 Å². The first-order valence-electron chi connectivity index (χ1n) is 5.70. The van der Waals surface area contributed by atoms with Gasteiger partial charge in [0, 0.05) is 4.47 Å². The van der Waals surface area contributed by atoms with E-state index < -0.39 is 0 Å². The highest BCUT2D eigenvalue weighted by Crippen LogP contribution is 2.35. The molecule has 1 N–H and O–H groups in total. The van der Waals surface area contributed by atoms with E-state index in [9.17, 15) is 9.50 Å². The Morgan fingerprint density at radius 1 is 1.44 bits per heavy atom. The van der Waals surface area contributed by atoms with E-state index in [1.54, 1.807) is 0 Å². The van der Waals surface area contributed by atoms with Crippen molar-refractivity contribution >= 4 is 15.9 Å². The van der Waals surface area contributed by atoms with Crippen LogP contribution in [0.25, 0.3) is 0 Å². The summed E-state index contributed by atoms with van der Waals surface area (Å²) in [6.45, 7) is 2.10. The Morgan fingerprint density at radius 3 is 2.75 bits per heavy atom. The van der Waals surface area contributed by atoms with Gasteiger partial charge in [0.15, 0.2) is 0 Å². The molecule has 1 fully saturated rings. The molecule has 1 aliphatic rings. The summed E-state index contributed by atoms with van der Waals surface area (Å²) >= 11 is 3.39. The van der Waals surface area contributed by atoms with Crippen molar-refractivity contribution in [3.8, 4) is 0 Å². The van der Waals surface area contributed by atoms with Crippen molar-refractivity contribution in [3.05, 3.63) is 34.1 Å². The molecular formula is C13H16BrFO. The Kier molecular flexibility index (Phi) is 3.65. The second-order valence-corrected chi connectivity index (χ2v) is 5.56. The normalized spacial score (nSPS) is 29.6. The number of halogens is 2. The fraction of sp³-hybridized carbons (Fsp3) is 0.538. The van der Waals surface area contributed by atoms with Crippen LogP contribution >= 0.6 is 15.9 Å². The van der Waals surface area contributed by atoms with Crippen molar-refractivity contribution in [1.82, 2.24) is 0 Å². The first kappa shape index (κ1) is 12.1. The molecule has 2 rings (SSSR count). The van der Waals surface area contributed by atoms with Crippen LogP contribution in [-0.2, 0) is 6.42 Å². The average molecular weight is 287 g/mol. The van der Waals surface area contributed by atoms with E-state index >= 15 is 0 Å². The summed E-state index contributed by atoms with van der Waals surface area (Å²) in [6, 6.07) is 4.83. The van der Waals surface area contributed by atoms with E-state index in [2.05, 4.69) is 22.9 Å². The van der Waals surface area contributed by atoms with Crippen molar-refractivity contribution in [3.63, 3.8) is 0 Å². The number of aliphatic hydroxyl groups is 1. The molecule has 1 aromatic rings. The molecule has 16 heavy (non-hydrogen) atoms. The SMILES string of the molecule is CC1C(O)CCC1Cc1ccc(F)cc1Br. The highest BCUT2D eigenvalue weighted by Gasteiger charge is 2.31. The van der Waals surface area contributed by atoms with Gasteiger partial charge in [-0.25, -0.2) is 4.39 Å². The smallest absolute Gasteiger partial charge is 0.124 e. The molecule has 0 radical (unpaired) electrons. The van der Waals surface area contributed by atoms with E-state index in [0.717, 1.165) is 29.3 Å². The Labute approximate surface area is 104 Å². The first-order chi connectivity index (χ1) is 7.58. The third kappa shape index (κ3) is 2.46. The van der Waals surface area contributed by atoms with E-state index in [4.69, 9.17) is 0 Å². The van der Waals surface area contributed by atoms with E-state index in [1.807, 2.05) is 6.07 Å². The molecule has 0 aliphatic heterocycles. The van der Waals surface area contributed by atoms with Crippen molar-refractivity contribution in [1.29, 1.82) is 0 Å². The van der Waals surface area contributed by atoms with Crippen LogP contribution in [0.15, 0.2) is 22.7 Å². The van der Waals surface area contributed by atoms with Gasteiger partial charge in [0.2, 0.25) is 0 Å². The number of hydrogen-bond acceptors (Lipinski definition) is 1. The molecule has 0 heterocycles. The molecule has 0 amide bonds. The van der Waals surface area contributed by atoms with Crippen LogP contribution in [0, 0.1) is 17.7 Å². The number of aliphatic hydroxyl groups excluding tert-OH is 1. The largest absolute Gasteiger partial charge is 0.393 e. The summed E-state index contributed by atoms with van der Waals surface area (Å²) in [5.41, 5.74) is 1.13. The summed E-state index contributed by atoms with van der Waals surface area (Å²) in [7, 11) is 0. The van der Waals surface area contributed by atoms with Crippen LogP contribution in [0.5, 0.6) is 0 Å². The number of hydrogen-bond donors (Lipinski definition) is 1. The lowest BCUT2D eigenvalue weighted by Gasteiger charge is -2.18. The molecule has 0 spiro atoms. The zero-order chi connectivity index (χ0) is 11.7. The average Bonchev–Trinajstić information content (AvgIpc) is 2.54. The summed E-state index contributed by atoms with van der Waals surface area (Å²) in [5.74, 6) is 0.642. The molecule has 1 aliphatic carbocycles. The van der Waals surface area contributed by atoms with Gasteiger partial charge >= 0.3 is 0 Å². The van der Waals surface area contributed by atoms with Gasteiger partial charge in [-0.15, -0.1) is 0 Å². The van der Waals surface area contributed by atoms with Gasteiger partial charge in [-0.05, 0) is 48.8 Å². The van der Waals surface area contributed by atoms with Gasteiger partial charge in [0.05, 0.1) is 6.10 Å². The monoisotopic (exact) mass is 286 g/mol. The zero-order valence-corrected chi connectivity index (χ0v) is 10.9. The highest BCUT2D eigenvalue weighted by molar-refractivity contribution is 9.10. The van der Waals surface area contributed by atoms with Gasteiger partial charge in [-0.2, -0.15) is 0 Å². The zero-order valence-electron chi connectivity index (χ0n) is 9.29. The fourth-order valence-electron chi connectivity index (χ4n) is 2.48. The lowest BCUT2D eigenvalue weighted by molar-refractivity contribution is 0.127. The lowest BCUT2D eigenvalue weighted by Crippen LogP contribution is -2.17. The van der Waals surface area contributed by atoms with Crippen molar-refractivity contribution in [2.24, 2.45) is 11.8 Å². The minimum atomic E-state index is -0.213. The predicted octanol–water partition coefficient (Wildman–Crippen LogP) is 3.54. The van der Waals surface area contributed by atoms with Gasteiger partial charge < -0.3 is 5.11 Å². The number of benzene rings is 1. The van der Waals surface area contributed by atoms with Crippen LogP contribution in [0.4, 0.5) is 4.39 Å². The maximum Gasteiger partial charge on any atom is 0.124 e. The van der Waals surface area contributed by atoms with Crippen molar-refractivity contribution in [2.45, 2.75) is 32.3 Å². The molecule has 3 unspecified atom stereocenters. The molecule has 0 bridgehead atoms. The summed E-state index contributed by atoms with van der Waals surface area (Å²) in [6.07, 6.45) is 2.71. The molecular weight excluding hydrogens is 271 g/mol. The van der Waals surface area contributed by atoms with E-state index in [1.165, 1.54) is 12.1 Å². The molecule has 3 atom stereocenters. The quantitative estimate of drug-likeness (QED) is 0.882. The minimum Gasteiger partial charge on any atom is -0.393 e. The minimum absolute atomic E-state index is 0.163. The maximum absolute atomic E-state index is 12.9. The van der Waals surface area contributed by atoms with Crippen molar-refractivity contribution < 1.29 is 9.50 Å². The fourth-order valence-corrected chi connectivity index (χ4v) is 3.00. The molecule has 0 saturated heterocycles. The third-order valence-corrected chi connectivity index (χ3v) is 4.42. The molecule has 1 nitrogen and oxygen atoms in total. The second-order valence-electron chi connectivity index (χ2n) is 4.70. The number of rotatable bonds is 2. The second kappa shape index (κ2) is 4.84. The Hall–Kier alpha value is -0.410. The topological polar surface area (TPSA) is 20.2 Å². The maximum atomic E-state index is 12.9. The summed E-state index contributed by atoms with van der Waals surface area (Å²) < 4.78 is 13.8. The Bertz CT molecular complexity index is 380. The molecule has 88 valence electrons. The van der Waals surface area contributed by atoms with Crippen LogP contribution in [0.2, 0.25) is 0 Å². The molecule has 1 saturated carbocycles. The van der Waals surface area contributed by atoms with E-state index in [-0.39, 0.29) is 11.9 Å². The lowest BCUT2D eigenvalue weighted by atomic mass is 9.90. The molecule has 1 aromatic carbocycles. The Balaban J connectivity index is 2.09.